The lowest BCUT2D eigenvalue weighted by Crippen LogP contribution is -2.58. The first kappa shape index (κ1) is 18.6. The molecule has 0 radical (unpaired) electrons. The van der Waals surface area contributed by atoms with Gasteiger partial charge in [0.1, 0.15) is 5.82 Å². The van der Waals surface area contributed by atoms with Crippen molar-refractivity contribution in [2.24, 2.45) is 0 Å². The van der Waals surface area contributed by atoms with Crippen LogP contribution in [0.25, 0.3) is 0 Å². The van der Waals surface area contributed by atoms with Crippen LogP contribution < -0.4 is 5.32 Å². The van der Waals surface area contributed by atoms with Gasteiger partial charge in [0.2, 0.25) is 0 Å². The maximum Gasteiger partial charge on any atom is 0.123 e. The first-order valence-electron chi connectivity index (χ1n) is 7.79. The van der Waals surface area contributed by atoms with Gasteiger partial charge in [-0.2, -0.15) is 0 Å². The van der Waals surface area contributed by atoms with E-state index in [2.05, 4.69) is 60.8 Å². The topological polar surface area (TPSA) is 15.3 Å². The van der Waals surface area contributed by atoms with Crippen molar-refractivity contribution in [1.82, 2.24) is 10.2 Å². The molecule has 0 saturated carbocycles. The van der Waals surface area contributed by atoms with Crippen LogP contribution in [-0.2, 0) is 6.42 Å². The van der Waals surface area contributed by atoms with E-state index in [0.29, 0.717) is 0 Å². The van der Waals surface area contributed by atoms with Gasteiger partial charge in [-0.25, -0.2) is 4.39 Å². The van der Waals surface area contributed by atoms with E-state index < -0.39 is 0 Å². The Labute approximate surface area is 137 Å². The number of nitrogens with one attached hydrogen (secondary N) is 1. The van der Waals surface area contributed by atoms with Crippen molar-refractivity contribution in [2.75, 3.05) is 19.6 Å². The van der Waals surface area contributed by atoms with Gasteiger partial charge in [0.25, 0.3) is 0 Å². The second-order valence-electron chi connectivity index (χ2n) is 5.88. The zero-order valence-corrected chi connectivity index (χ0v) is 15.4. The molecule has 0 saturated heterocycles. The van der Waals surface area contributed by atoms with Gasteiger partial charge in [0.05, 0.1) is 0 Å². The van der Waals surface area contributed by atoms with Gasteiger partial charge < -0.3 is 5.32 Å². The summed E-state index contributed by atoms with van der Waals surface area (Å²) in [5.41, 5.74) is 1.02. The smallest absolute Gasteiger partial charge is 0.123 e. The van der Waals surface area contributed by atoms with E-state index in [-0.39, 0.29) is 17.4 Å². The third-order valence-corrected chi connectivity index (χ3v) is 5.09. The second kappa shape index (κ2) is 8.25. The monoisotopic (exact) mass is 358 g/mol. The molecule has 1 aromatic carbocycles. The van der Waals surface area contributed by atoms with Crippen molar-refractivity contribution < 1.29 is 4.39 Å². The first-order chi connectivity index (χ1) is 9.86. The lowest BCUT2D eigenvalue weighted by Gasteiger charge is -2.44. The van der Waals surface area contributed by atoms with Gasteiger partial charge in [-0.15, -0.1) is 0 Å². The Hall–Kier alpha value is -0.450. The molecule has 0 amide bonds. The fourth-order valence-corrected chi connectivity index (χ4v) is 3.41. The zero-order valence-electron chi connectivity index (χ0n) is 13.8. The zero-order chi connectivity index (χ0) is 16.0. The lowest BCUT2D eigenvalue weighted by atomic mass is 9.87. The largest absolute Gasteiger partial charge is 0.312 e. The molecule has 0 heterocycles. The number of nitrogens with zero attached hydrogens (tertiary/aromatic N) is 1. The maximum absolute atomic E-state index is 13.5. The van der Waals surface area contributed by atoms with Gasteiger partial charge in [-0.3, -0.25) is 4.90 Å². The highest BCUT2D eigenvalue weighted by Gasteiger charge is 2.33. The minimum atomic E-state index is -0.177. The molecule has 0 aromatic heterocycles. The molecular formula is C17H28BrFN2. The Morgan fingerprint density at radius 2 is 1.86 bits per heavy atom. The number of benzene rings is 1. The number of hydrogen-bond acceptors (Lipinski definition) is 2. The van der Waals surface area contributed by atoms with Crippen molar-refractivity contribution in [3.8, 4) is 0 Å². The Morgan fingerprint density at radius 3 is 2.38 bits per heavy atom. The van der Waals surface area contributed by atoms with Gasteiger partial charge in [-0.1, -0.05) is 36.7 Å². The summed E-state index contributed by atoms with van der Waals surface area (Å²) >= 11 is 3.54. The van der Waals surface area contributed by atoms with Crippen LogP contribution in [0.5, 0.6) is 0 Å². The van der Waals surface area contributed by atoms with E-state index in [0.717, 1.165) is 36.1 Å². The minimum Gasteiger partial charge on any atom is -0.312 e. The molecular weight excluding hydrogens is 331 g/mol. The van der Waals surface area contributed by atoms with Crippen LogP contribution in [0.4, 0.5) is 4.39 Å². The highest BCUT2D eigenvalue weighted by atomic mass is 79.9. The summed E-state index contributed by atoms with van der Waals surface area (Å²) in [7, 11) is 0. The molecule has 21 heavy (non-hydrogen) atoms. The van der Waals surface area contributed by atoms with Gasteiger partial charge in [0.15, 0.2) is 0 Å². The molecule has 1 rings (SSSR count). The van der Waals surface area contributed by atoms with E-state index in [1.165, 1.54) is 6.07 Å². The van der Waals surface area contributed by atoms with Crippen LogP contribution in [0.2, 0.25) is 0 Å². The normalized spacial score (nSPS) is 13.7. The van der Waals surface area contributed by atoms with Crippen molar-refractivity contribution >= 4 is 15.9 Å². The predicted octanol–water partition coefficient (Wildman–Crippen LogP) is 4.23. The van der Waals surface area contributed by atoms with Crippen molar-refractivity contribution in [2.45, 2.75) is 52.6 Å². The van der Waals surface area contributed by atoms with Crippen LogP contribution in [0.3, 0.4) is 0 Å². The average Bonchev–Trinajstić information content (AvgIpc) is 2.43. The van der Waals surface area contributed by atoms with Crippen molar-refractivity contribution in [3.05, 3.63) is 34.1 Å². The summed E-state index contributed by atoms with van der Waals surface area (Å²) in [6.07, 6.45) is 0.801. The van der Waals surface area contributed by atoms with Crippen LogP contribution in [0.15, 0.2) is 22.7 Å². The molecule has 0 aliphatic rings. The Balaban J connectivity index is 3.03. The Bertz CT molecular complexity index is 444. The molecule has 0 fully saturated rings. The molecule has 2 nitrogen and oxygen atoms in total. The van der Waals surface area contributed by atoms with Gasteiger partial charge in [0, 0.05) is 16.1 Å². The molecule has 1 unspecified atom stereocenters. The van der Waals surface area contributed by atoms with E-state index in [1.807, 2.05) is 0 Å². The van der Waals surface area contributed by atoms with E-state index in [1.54, 1.807) is 12.1 Å². The van der Waals surface area contributed by atoms with Crippen LogP contribution in [-0.4, -0.2) is 36.1 Å². The standard InChI is InChI=1S/C17H28BrFN2/c1-6-20-16(17(4,5)21(7-2)8-3)12-13-11-14(19)9-10-15(13)18/h9-11,16,20H,6-8,12H2,1-5H3. The lowest BCUT2D eigenvalue weighted by molar-refractivity contribution is 0.0917. The van der Waals surface area contributed by atoms with E-state index in [9.17, 15) is 4.39 Å². The van der Waals surface area contributed by atoms with E-state index >= 15 is 0 Å². The number of likely N-dealkylation sites (N-methyl/N-ethyl adjacent to an activating group) is 2. The summed E-state index contributed by atoms with van der Waals surface area (Å²) < 4.78 is 14.5. The molecule has 0 aliphatic carbocycles. The molecule has 1 N–H and O–H groups in total. The molecule has 1 aromatic rings. The summed E-state index contributed by atoms with van der Waals surface area (Å²) in [6, 6.07) is 5.18. The number of rotatable bonds is 8. The third kappa shape index (κ3) is 4.76. The van der Waals surface area contributed by atoms with Crippen LogP contribution >= 0.6 is 15.9 Å². The summed E-state index contributed by atoms with van der Waals surface area (Å²) in [5.74, 6) is -0.177. The molecule has 4 heteroatoms. The van der Waals surface area contributed by atoms with Crippen LogP contribution in [0.1, 0.15) is 40.2 Å². The number of hydrogen-bond donors (Lipinski definition) is 1. The quantitative estimate of drug-likeness (QED) is 0.747. The molecule has 120 valence electrons. The number of halogens is 2. The van der Waals surface area contributed by atoms with Gasteiger partial charge >= 0.3 is 0 Å². The highest BCUT2D eigenvalue weighted by Crippen LogP contribution is 2.26. The Kier molecular flexibility index (Phi) is 7.31. The SMILES string of the molecule is CCNC(Cc1cc(F)ccc1Br)C(C)(C)N(CC)CC. The van der Waals surface area contributed by atoms with Gasteiger partial charge in [-0.05, 0) is 63.7 Å². The third-order valence-electron chi connectivity index (χ3n) is 4.31. The fourth-order valence-electron chi connectivity index (χ4n) is 3.00. The van der Waals surface area contributed by atoms with Crippen LogP contribution in [0, 0.1) is 5.82 Å². The maximum atomic E-state index is 13.5. The molecule has 0 spiro atoms. The average molecular weight is 359 g/mol. The summed E-state index contributed by atoms with van der Waals surface area (Å²) in [4.78, 5) is 2.45. The van der Waals surface area contributed by atoms with E-state index in [4.69, 9.17) is 0 Å². The summed E-state index contributed by atoms with van der Waals surface area (Å²) in [6.45, 7) is 13.9. The highest BCUT2D eigenvalue weighted by molar-refractivity contribution is 9.10. The second-order valence-corrected chi connectivity index (χ2v) is 6.73. The van der Waals surface area contributed by atoms with Crippen molar-refractivity contribution in [3.63, 3.8) is 0 Å². The molecule has 0 bridgehead atoms. The minimum absolute atomic E-state index is 0.00523. The summed E-state index contributed by atoms with van der Waals surface area (Å²) in [5, 5.41) is 3.58. The predicted molar refractivity (Wildman–Crippen MR) is 92.3 cm³/mol. The van der Waals surface area contributed by atoms with Crippen molar-refractivity contribution in [1.29, 1.82) is 0 Å². The first-order valence-corrected chi connectivity index (χ1v) is 8.58. The molecule has 1 atom stereocenters. The fraction of sp³-hybridized carbons (Fsp3) is 0.647. The Morgan fingerprint density at radius 1 is 1.24 bits per heavy atom. The molecule has 0 aliphatic heterocycles.